The molecular weight excluding hydrogens is 693 g/mol. The molecular formula is C40H46N6O4S2. The van der Waals surface area contributed by atoms with E-state index in [9.17, 15) is 9.59 Å². The summed E-state index contributed by atoms with van der Waals surface area (Å²) in [5.41, 5.74) is 5.25. The molecule has 0 N–H and O–H groups in total. The van der Waals surface area contributed by atoms with Crippen molar-refractivity contribution in [3.05, 3.63) is 84.9 Å². The van der Waals surface area contributed by atoms with Crippen LogP contribution in [0.4, 0.5) is 34.1 Å². The van der Waals surface area contributed by atoms with Crippen molar-refractivity contribution in [2.75, 3.05) is 102 Å². The second kappa shape index (κ2) is 16.0. The van der Waals surface area contributed by atoms with E-state index in [0.717, 1.165) is 78.9 Å². The Bertz CT molecular complexity index is 1860. The minimum absolute atomic E-state index is 0.436. The van der Waals surface area contributed by atoms with Gasteiger partial charge in [0.1, 0.15) is 11.4 Å². The van der Waals surface area contributed by atoms with E-state index in [2.05, 4.69) is 56.0 Å². The Kier molecular flexibility index (Phi) is 11.4. The Hall–Kier alpha value is -4.62. The van der Waals surface area contributed by atoms with E-state index in [0.29, 0.717) is 24.6 Å². The average Bonchev–Trinajstić information content (AvgIpc) is 3.10. The fourth-order valence-electron chi connectivity index (χ4n) is 6.15. The summed E-state index contributed by atoms with van der Waals surface area (Å²) in [7, 11) is 15.8. The van der Waals surface area contributed by atoms with Crippen LogP contribution in [-0.4, -0.2) is 104 Å². The van der Waals surface area contributed by atoms with Gasteiger partial charge in [-0.1, -0.05) is 47.8 Å². The standard InChI is InChI=1S/C40H46N6O4S2/c1-41(2)23-25-45-27-13-9-11-15-31(27)51-33-19-17-29(43(5)6)39(37(33)45)49-35(47)21-22-36(48)50-40-30(44(7)8)18-20-34-38(40)46(26-24-42(3)4)28-14-10-12-16-32(28)52-34/h9-22H,23-26H2,1-8H3/b22-21-. The number of nitrogens with zero attached hydrogens (tertiary/aromatic N) is 6. The van der Waals surface area contributed by atoms with Crippen molar-refractivity contribution in [1.82, 2.24) is 9.80 Å². The number of likely N-dealkylation sites (N-methyl/N-ethyl adjacent to an activating group) is 2. The van der Waals surface area contributed by atoms with Crippen LogP contribution in [0.25, 0.3) is 0 Å². The van der Waals surface area contributed by atoms with E-state index in [4.69, 9.17) is 9.47 Å². The highest BCUT2D eigenvalue weighted by Gasteiger charge is 2.32. The summed E-state index contributed by atoms with van der Waals surface area (Å²) in [6.07, 6.45) is 2.29. The normalized spacial score (nSPS) is 13.1. The topological polar surface area (TPSA) is 72.0 Å². The lowest BCUT2D eigenvalue weighted by Gasteiger charge is -2.35. The number of fused-ring (bicyclic) bond motifs is 4. The van der Waals surface area contributed by atoms with Crippen LogP contribution in [0.2, 0.25) is 0 Å². The number of ether oxygens (including phenoxy) is 2. The Morgan fingerprint density at radius 1 is 0.558 bits per heavy atom. The van der Waals surface area contributed by atoms with E-state index in [-0.39, 0.29) is 0 Å². The molecule has 0 atom stereocenters. The lowest BCUT2D eigenvalue weighted by atomic mass is 10.1. The zero-order chi connectivity index (χ0) is 37.1. The SMILES string of the molecule is CN(C)CCN1c2ccccc2Sc2ccc(N(C)C)c(OC(=O)/C=C\C(=O)Oc3c(N(C)C)ccc4c3N(CCN(C)C)c3ccccc3S4)c21. The molecule has 0 spiro atoms. The van der Waals surface area contributed by atoms with Gasteiger partial charge in [0.25, 0.3) is 0 Å². The van der Waals surface area contributed by atoms with E-state index in [1.165, 1.54) is 0 Å². The fourth-order valence-corrected chi connectivity index (χ4v) is 8.35. The number of hydrogen-bond acceptors (Lipinski definition) is 12. The van der Waals surface area contributed by atoms with Gasteiger partial charge in [0.2, 0.25) is 0 Å². The minimum Gasteiger partial charge on any atom is -0.419 e. The Labute approximate surface area is 315 Å². The summed E-state index contributed by atoms with van der Waals surface area (Å²) in [4.78, 5) is 44.0. The quantitative estimate of drug-likeness (QED) is 0.0838. The lowest BCUT2D eigenvalue weighted by Crippen LogP contribution is -2.31. The van der Waals surface area contributed by atoms with Crippen LogP contribution in [0, 0.1) is 0 Å². The molecule has 2 heterocycles. The van der Waals surface area contributed by atoms with Crippen molar-refractivity contribution in [3.8, 4) is 11.5 Å². The van der Waals surface area contributed by atoms with Crippen LogP contribution in [-0.2, 0) is 9.59 Å². The number of esters is 2. The van der Waals surface area contributed by atoms with Gasteiger partial charge in [-0.15, -0.1) is 0 Å². The summed E-state index contributed by atoms with van der Waals surface area (Å²) in [5, 5.41) is 0. The number of hydrogen-bond donors (Lipinski definition) is 0. The Balaban J connectivity index is 1.30. The van der Waals surface area contributed by atoms with Crippen molar-refractivity contribution in [2.24, 2.45) is 0 Å². The van der Waals surface area contributed by atoms with Gasteiger partial charge in [-0.05, 0) is 76.7 Å². The lowest BCUT2D eigenvalue weighted by molar-refractivity contribution is -0.131. The number of anilines is 6. The highest BCUT2D eigenvalue weighted by molar-refractivity contribution is 8.00. The molecule has 52 heavy (non-hydrogen) atoms. The predicted molar refractivity (Wildman–Crippen MR) is 214 cm³/mol. The van der Waals surface area contributed by atoms with Crippen molar-refractivity contribution < 1.29 is 19.1 Å². The molecule has 6 rings (SSSR count). The molecule has 0 bridgehead atoms. The van der Waals surface area contributed by atoms with E-state index in [1.54, 1.807) is 23.5 Å². The number of para-hydroxylation sites is 2. The van der Waals surface area contributed by atoms with Gasteiger partial charge in [0.05, 0.1) is 22.7 Å². The number of rotatable bonds is 12. The van der Waals surface area contributed by atoms with Gasteiger partial charge in [0.15, 0.2) is 11.5 Å². The third-order valence-electron chi connectivity index (χ3n) is 8.71. The number of carbonyl (C=O) groups is 2. The van der Waals surface area contributed by atoms with E-state index in [1.807, 2.05) is 103 Å². The second-order valence-corrected chi connectivity index (χ2v) is 15.7. The molecule has 4 aromatic rings. The van der Waals surface area contributed by atoms with Crippen LogP contribution in [0.1, 0.15) is 0 Å². The monoisotopic (exact) mass is 738 g/mol. The van der Waals surface area contributed by atoms with Gasteiger partial charge in [0, 0.05) is 86.1 Å². The molecule has 0 amide bonds. The minimum atomic E-state index is -0.676. The first-order chi connectivity index (χ1) is 24.9. The van der Waals surface area contributed by atoms with Crippen molar-refractivity contribution >= 4 is 69.6 Å². The summed E-state index contributed by atoms with van der Waals surface area (Å²) in [6.45, 7) is 2.95. The van der Waals surface area contributed by atoms with Gasteiger partial charge >= 0.3 is 11.9 Å². The van der Waals surface area contributed by atoms with Crippen LogP contribution in [0.5, 0.6) is 11.5 Å². The third kappa shape index (κ3) is 7.90. The molecule has 0 radical (unpaired) electrons. The van der Waals surface area contributed by atoms with E-state index >= 15 is 0 Å². The Morgan fingerprint density at radius 2 is 0.942 bits per heavy atom. The number of carbonyl (C=O) groups excluding carboxylic acids is 2. The zero-order valence-electron chi connectivity index (χ0n) is 31.0. The summed E-state index contributed by atoms with van der Waals surface area (Å²) < 4.78 is 12.3. The third-order valence-corrected chi connectivity index (χ3v) is 10.9. The zero-order valence-corrected chi connectivity index (χ0v) is 32.7. The number of benzene rings is 4. The molecule has 2 aliphatic rings. The van der Waals surface area contributed by atoms with Crippen molar-refractivity contribution in [1.29, 1.82) is 0 Å². The molecule has 12 heteroatoms. The summed E-state index contributed by atoms with van der Waals surface area (Å²) in [6, 6.07) is 24.6. The van der Waals surface area contributed by atoms with Gasteiger partial charge in [-0.2, -0.15) is 0 Å². The highest BCUT2D eigenvalue weighted by atomic mass is 32.2. The molecule has 0 aromatic heterocycles. The van der Waals surface area contributed by atoms with Crippen LogP contribution >= 0.6 is 23.5 Å². The molecule has 4 aromatic carbocycles. The molecule has 2 aliphatic heterocycles. The first-order valence-electron chi connectivity index (χ1n) is 17.1. The average molecular weight is 739 g/mol. The molecule has 10 nitrogen and oxygen atoms in total. The maximum absolute atomic E-state index is 13.6. The summed E-state index contributed by atoms with van der Waals surface area (Å²) >= 11 is 3.30. The summed E-state index contributed by atoms with van der Waals surface area (Å²) in [5.74, 6) is -0.481. The first kappa shape index (κ1) is 37.1. The van der Waals surface area contributed by atoms with Crippen molar-refractivity contribution in [3.63, 3.8) is 0 Å². The Morgan fingerprint density at radius 3 is 1.31 bits per heavy atom. The maximum atomic E-state index is 13.6. The largest absolute Gasteiger partial charge is 0.419 e. The van der Waals surface area contributed by atoms with Crippen LogP contribution in [0.15, 0.2) is 105 Å². The molecule has 0 aliphatic carbocycles. The molecule has 0 fully saturated rings. The fraction of sp³-hybridized carbons (Fsp3) is 0.300. The molecule has 0 saturated heterocycles. The predicted octanol–water partition coefficient (Wildman–Crippen LogP) is 7.21. The smallest absolute Gasteiger partial charge is 0.336 e. The maximum Gasteiger partial charge on any atom is 0.336 e. The van der Waals surface area contributed by atoms with Gasteiger partial charge in [-0.3, -0.25) is 0 Å². The highest BCUT2D eigenvalue weighted by Crippen LogP contribution is 2.55. The van der Waals surface area contributed by atoms with Crippen LogP contribution in [0.3, 0.4) is 0 Å². The van der Waals surface area contributed by atoms with Crippen LogP contribution < -0.4 is 29.1 Å². The molecule has 0 unspecified atom stereocenters. The first-order valence-corrected chi connectivity index (χ1v) is 18.7. The second-order valence-electron chi connectivity index (χ2n) is 13.5. The van der Waals surface area contributed by atoms with E-state index < -0.39 is 11.9 Å². The van der Waals surface area contributed by atoms with Gasteiger partial charge < -0.3 is 38.9 Å². The molecule has 272 valence electrons. The molecule has 0 saturated carbocycles. The van der Waals surface area contributed by atoms with Crippen molar-refractivity contribution in [2.45, 2.75) is 19.6 Å². The van der Waals surface area contributed by atoms with Gasteiger partial charge in [-0.25, -0.2) is 9.59 Å².